The fourth-order valence-electron chi connectivity index (χ4n) is 1.83. The number of hydrogen-bond acceptors (Lipinski definition) is 3. The monoisotopic (exact) mass is 229 g/mol. The minimum Gasteiger partial charge on any atom is -0.504 e. The fourth-order valence-corrected chi connectivity index (χ4v) is 1.83. The van der Waals surface area contributed by atoms with Crippen LogP contribution in [0.1, 0.15) is 16.7 Å². The Morgan fingerprint density at radius 3 is 2.06 bits per heavy atom. The van der Waals surface area contributed by atoms with E-state index in [1.807, 2.05) is 30.3 Å². The third-order valence-electron chi connectivity index (χ3n) is 2.75. The zero-order valence-corrected chi connectivity index (χ0v) is 9.43. The van der Waals surface area contributed by atoms with Crippen LogP contribution in [0.15, 0.2) is 42.5 Å². The number of rotatable bonds is 3. The Balaban J connectivity index is 2.35. The van der Waals surface area contributed by atoms with Crippen LogP contribution in [0.25, 0.3) is 0 Å². The third kappa shape index (κ3) is 2.57. The Kier molecular flexibility index (Phi) is 3.30. The molecule has 2 aromatic rings. The summed E-state index contributed by atoms with van der Waals surface area (Å²) in [5, 5.41) is 18.9. The van der Waals surface area contributed by atoms with Crippen molar-refractivity contribution in [2.24, 2.45) is 5.73 Å². The maximum absolute atomic E-state index is 9.51. The molecule has 0 fully saturated rings. The van der Waals surface area contributed by atoms with E-state index >= 15 is 0 Å². The van der Waals surface area contributed by atoms with Gasteiger partial charge in [-0.1, -0.05) is 30.3 Å². The Hall–Kier alpha value is -2.00. The minimum atomic E-state index is -0.123. The average Bonchev–Trinajstić information content (AvgIpc) is 2.35. The molecule has 17 heavy (non-hydrogen) atoms. The van der Waals surface area contributed by atoms with Crippen LogP contribution in [0.5, 0.6) is 11.5 Å². The van der Waals surface area contributed by atoms with E-state index in [0.717, 1.165) is 16.7 Å². The molecule has 0 unspecified atom stereocenters. The molecule has 0 aliphatic carbocycles. The summed E-state index contributed by atoms with van der Waals surface area (Å²) in [6.45, 7) is 0.343. The quantitative estimate of drug-likeness (QED) is 0.706. The van der Waals surface area contributed by atoms with Gasteiger partial charge in [0.25, 0.3) is 0 Å². The molecule has 3 heteroatoms. The first-order valence-corrected chi connectivity index (χ1v) is 5.48. The lowest BCUT2D eigenvalue weighted by Crippen LogP contribution is -2.02. The number of hydrogen-bond donors (Lipinski definition) is 3. The first kappa shape index (κ1) is 11.5. The van der Waals surface area contributed by atoms with Crippen LogP contribution in [-0.4, -0.2) is 10.2 Å². The highest BCUT2D eigenvalue weighted by Crippen LogP contribution is 2.29. The molecular formula is C14H15NO2. The standard InChI is InChI=1S/C14H15NO2/c15-9-12-8-14(17)13(16)7-11(12)6-10-4-2-1-3-5-10/h1-5,7-8,16-17H,6,9,15H2. The van der Waals surface area contributed by atoms with E-state index in [2.05, 4.69) is 0 Å². The van der Waals surface area contributed by atoms with E-state index < -0.39 is 0 Å². The largest absolute Gasteiger partial charge is 0.504 e. The zero-order valence-electron chi connectivity index (χ0n) is 9.43. The van der Waals surface area contributed by atoms with Crippen molar-refractivity contribution < 1.29 is 10.2 Å². The van der Waals surface area contributed by atoms with Gasteiger partial charge in [0.15, 0.2) is 11.5 Å². The van der Waals surface area contributed by atoms with E-state index in [-0.39, 0.29) is 11.5 Å². The molecule has 2 rings (SSSR count). The van der Waals surface area contributed by atoms with Gasteiger partial charge in [-0.3, -0.25) is 0 Å². The van der Waals surface area contributed by atoms with Crippen molar-refractivity contribution in [3.63, 3.8) is 0 Å². The van der Waals surface area contributed by atoms with Crippen LogP contribution < -0.4 is 5.73 Å². The molecule has 0 atom stereocenters. The number of phenols is 2. The highest BCUT2D eigenvalue weighted by Gasteiger charge is 2.08. The minimum absolute atomic E-state index is 0.104. The van der Waals surface area contributed by atoms with Gasteiger partial charge in [-0.2, -0.15) is 0 Å². The molecule has 0 aliphatic rings. The third-order valence-corrected chi connectivity index (χ3v) is 2.75. The summed E-state index contributed by atoms with van der Waals surface area (Å²) in [5.74, 6) is -0.226. The first-order valence-electron chi connectivity index (χ1n) is 5.48. The Morgan fingerprint density at radius 2 is 1.47 bits per heavy atom. The second-order valence-electron chi connectivity index (χ2n) is 3.98. The summed E-state index contributed by atoms with van der Waals surface area (Å²) in [5.41, 5.74) is 8.57. The highest BCUT2D eigenvalue weighted by atomic mass is 16.3. The topological polar surface area (TPSA) is 66.5 Å². The lowest BCUT2D eigenvalue weighted by atomic mass is 9.99. The molecule has 0 spiro atoms. The maximum Gasteiger partial charge on any atom is 0.157 e. The molecule has 2 aromatic carbocycles. The molecule has 0 saturated heterocycles. The van der Waals surface area contributed by atoms with Crippen LogP contribution >= 0.6 is 0 Å². The second-order valence-corrected chi connectivity index (χ2v) is 3.98. The molecule has 0 radical (unpaired) electrons. The number of phenolic OH excluding ortho intramolecular Hbond substituents is 2. The van der Waals surface area contributed by atoms with Crippen molar-refractivity contribution in [3.05, 3.63) is 59.2 Å². The first-order chi connectivity index (χ1) is 8.20. The molecule has 0 saturated carbocycles. The molecule has 3 nitrogen and oxygen atoms in total. The van der Waals surface area contributed by atoms with Crippen molar-refractivity contribution >= 4 is 0 Å². The molecule has 0 bridgehead atoms. The molecular weight excluding hydrogens is 214 g/mol. The summed E-state index contributed by atoms with van der Waals surface area (Å²) in [4.78, 5) is 0. The van der Waals surface area contributed by atoms with Crippen LogP contribution in [0, 0.1) is 0 Å². The van der Waals surface area contributed by atoms with Gasteiger partial charge in [0.1, 0.15) is 0 Å². The van der Waals surface area contributed by atoms with Gasteiger partial charge in [0, 0.05) is 6.54 Å². The van der Waals surface area contributed by atoms with Crippen molar-refractivity contribution in [3.8, 4) is 11.5 Å². The summed E-state index contributed by atoms with van der Waals surface area (Å²) < 4.78 is 0. The lowest BCUT2D eigenvalue weighted by molar-refractivity contribution is 0.402. The van der Waals surface area contributed by atoms with Gasteiger partial charge < -0.3 is 15.9 Å². The van der Waals surface area contributed by atoms with Crippen LogP contribution in [0.2, 0.25) is 0 Å². The Bertz CT molecular complexity index is 509. The van der Waals surface area contributed by atoms with Gasteiger partial charge in [0.2, 0.25) is 0 Å². The summed E-state index contributed by atoms with van der Waals surface area (Å²) in [6, 6.07) is 13.0. The van der Waals surface area contributed by atoms with Crippen LogP contribution in [0.4, 0.5) is 0 Å². The molecule has 0 aliphatic heterocycles. The van der Waals surface area contributed by atoms with Gasteiger partial charge in [0.05, 0.1) is 0 Å². The van der Waals surface area contributed by atoms with Gasteiger partial charge >= 0.3 is 0 Å². The smallest absolute Gasteiger partial charge is 0.157 e. The summed E-state index contributed by atoms with van der Waals surface area (Å²) in [6.07, 6.45) is 0.696. The maximum atomic E-state index is 9.51. The fraction of sp³-hybridized carbons (Fsp3) is 0.143. The predicted molar refractivity (Wildman–Crippen MR) is 66.9 cm³/mol. The SMILES string of the molecule is NCc1cc(O)c(O)cc1Cc1ccccc1. The number of aromatic hydroxyl groups is 2. The average molecular weight is 229 g/mol. The van der Waals surface area contributed by atoms with Gasteiger partial charge in [-0.25, -0.2) is 0 Å². The molecule has 0 aromatic heterocycles. The summed E-state index contributed by atoms with van der Waals surface area (Å²) >= 11 is 0. The van der Waals surface area contributed by atoms with E-state index in [1.165, 1.54) is 6.07 Å². The zero-order chi connectivity index (χ0) is 12.3. The molecule has 4 N–H and O–H groups in total. The molecule has 0 heterocycles. The Morgan fingerprint density at radius 1 is 0.882 bits per heavy atom. The van der Waals surface area contributed by atoms with Gasteiger partial charge in [-0.05, 0) is 35.2 Å². The predicted octanol–water partition coefficient (Wildman–Crippen LogP) is 2.15. The Labute approximate surface area is 100 Å². The second kappa shape index (κ2) is 4.89. The molecule has 88 valence electrons. The number of benzene rings is 2. The van der Waals surface area contributed by atoms with E-state index in [4.69, 9.17) is 5.73 Å². The van der Waals surface area contributed by atoms with E-state index in [9.17, 15) is 10.2 Å². The van der Waals surface area contributed by atoms with Crippen molar-refractivity contribution in [2.75, 3.05) is 0 Å². The summed E-state index contributed by atoms with van der Waals surface area (Å²) in [7, 11) is 0. The molecule has 0 amide bonds. The number of nitrogens with two attached hydrogens (primary N) is 1. The van der Waals surface area contributed by atoms with Crippen LogP contribution in [0.3, 0.4) is 0 Å². The van der Waals surface area contributed by atoms with Gasteiger partial charge in [-0.15, -0.1) is 0 Å². The van der Waals surface area contributed by atoms with Crippen molar-refractivity contribution in [1.82, 2.24) is 0 Å². The van der Waals surface area contributed by atoms with Crippen molar-refractivity contribution in [1.29, 1.82) is 0 Å². The van der Waals surface area contributed by atoms with E-state index in [0.29, 0.717) is 13.0 Å². The van der Waals surface area contributed by atoms with Crippen molar-refractivity contribution in [2.45, 2.75) is 13.0 Å². The highest BCUT2D eigenvalue weighted by molar-refractivity contribution is 5.47. The van der Waals surface area contributed by atoms with Crippen LogP contribution in [-0.2, 0) is 13.0 Å². The lowest BCUT2D eigenvalue weighted by Gasteiger charge is -2.10. The normalized spacial score (nSPS) is 10.4. The van der Waals surface area contributed by atoms with E-state index in [1.54, 1.807) is 6.07 Å².